The van der Waals surface area contributed by atoms with Crippen LogP contribution in [0.25, 0.3) is 0 Å². The van der Waals surface area contributed by atoms with Crippen molar-refractivity contribution in [1.29, 1.82) is 0 Å². The summed E-state index contributed by atoms with van der Waals surface area (Å²) in [5, 5.41) is 2.08. The summed E-state index contributed by atoms with van der Waals surface area (Å²) < 4.78 is 5.37. The lowest BCUT2D eigenvalue weighted by molar-refractivity contribution is 0.414. The first kappa shape index (κ1) is 14.1. The summed E-state index contributed by atoms with van der Waals surface area (Å²) in [7, 11) is 3.76. The van der Waals surface area contributed by atoms with Crippen LogP contribution in [-0.2, 0) is 0 Å². The van der Waals surface area contributed by atoms with Gasteiger partial charge >= 0.3 is 0 Å². The van der Waals surface area contributed by atoms with Crippen LogP contribution < -0.4 is 15.4 Å². The van der Waals surface area contributed by atoms with Gasteiger partial charge in [-0.1, -0.05) is 6.07 Å². The Balaban J connectivity index is 2.16. The van der Waals surface area contributed by atoms with Gasteiger partial charge in [0.15, 0.2) is 0 Å². The molecule has 0 radical (unpaired) electrons. The second-order valence-electron chi connectivity index (χ2n) is 5.05. The van der Waals surface area contributed by atoms with Gasteiger partial charge in [-0.2, -0.15) is 0 Å². The first-order valence-electron chi connectivity index (χ1n) is 6.94. The zero-order valence-electron chi connectivity index (χ0n) is 12.2. The molecular formula is C16H19N3OS. The summed E-state index contributed by atoms with van der Waals surface area (Å²) in [6, 6.07) is 10.5. The van der Waals surface area contributed by atoms with Gasteiger partial charge in [0.05, 0.1) is 30.3 Å². The maximum atomic E-state index is 5.92. The molecule has 0 saturated carbocycles. The predicted molar refractivity (Wildman–Crippen MR) is 89.1 cm³/mol. The maximum Gasteiger partial charge on any atom is 0.120 e. The minimum atomic E-state index is 0.202. The van der Waals surface area contributed by atoms with Gasteiger partial charge in [-0.3, -0.25) is 4.99 Å². The Kier molecular flexibility index (Phi) is 3.94. The lowest BCUT2D eigenvalue weighted by Crippen LogP contribution is -2.39. The molecule has 0 fully saturated rings. The SMILES string of the molecule is COc1ccc2c(c1)N(C)C(CN)CN=C2c1cccs1. The molecule has 3 rings (SSSR count). The number of benzene rings is 1. The fourth-order valence-corrected chi connectivity index (χ4v) is 3.34. The number of hydrogen-bond acceptors (Lipinski definition) is 5. The molecule has 0 spiro atoms. The zero-order chi connectivity index (χ0) is 14.8. The number of benzodiazepines with no additional fused rings is 1. The Morgan fingerprint density at radius 1 is 1.43 bits per heavy atom. The van der Waals surface area contributed by atoms with E-state index in [0.717, 1.165) is 22.7 Å². The molecule has 1 aromatic heterocycles. The topological polar surface area (TPSA) is 50.9 Å². The Hall–Kier alpha value is -1.85. The van der Waals surface area contributed by atoms with Gasteiger partial charge in [-0.15, -0.1) is 11.3 Å². The molecular weight excluding hydrogens is 282 g/mol. The van der Waals surface area contributed by atoms with E-state index >= 15 is 0 Å². The van der Waals surface area contributed by atoms with E-state index in [9.17, 15) is 0 Å². The maximum absolute atomic E-state index is 5.92. The van der Waals surface area contributed by atoms with E-state index in [4.69, 9.17) is 15.5 Å². The van der Waals surface area contributed by atoms with E-state index in [1.807, 2.05) is 6.07 Å². The van der Waals surface area contributed by atoms with E-state index in [0.29, 0.717) is 13.1 Å². The Labute approximate surface area is 128 Å². The highest BCUT2D eigenvalue weighted by Crippen LogP contribution is 2.32. The molecule has 1 aliphatic rings. The number of aliphatic imine (C=N–C) groups is 1. The van der Waals surface area contributed by atoms with Gasteiger partial charge in [-0.05, 0) is 23.6 Å². The van der Waals surface area contributed by atoms with Crippen LogP contribution in [0, 0.1) is 0 Å². The lowest BCUT2D eigenvalue weighted by Gasteiger charge is -2.27. The molecule has 110 valence electrons. The van der Waals surface area contributed by atoms with Crippen LogP contribution in [0.4, 0.5) is 5.69 Å². The second-order valence-corrected chi connectivity index (χ2v) is 6.00. The van der Waals surface area contributed by atoms with E-state index in [1.54, 1.807) is 18.4 Å². The van der Waals surface area contributed by atoms with Crippen LogP contribution in [0.2, 0.25) is 0 Å². The number of methoxy groups -OCH3 is 1. The molecule has 1 unspecified atom stereocenters. The van der Waals surface area contributed by atoms with E-state index < -0.39 is 0 Å². The molecule has 5 heteroatoms. The number of ether oxygens (including phenoxy) is 1. The molecule has 1 atom stereocenters. The number of thiophene rings is 1. The van der Waals surface area contributed by atoms with Crippen molar-refractivity contribution in [3.8, 4) is 5.75 Å². The van der Waals surface area contributed by atoms with Gasteiger partial charge < -0.3 is 15.4 Å². The second kappa shape index (κ2) is 5.87. The summed E-state index contributed by atoms with van der Waals surface area (Å²) in [6.07, 6.45) is 0. The average molecular weight is 301 g/mol. The number of fused-ring (bicyclic) bond motifs is 1. The summed E-state index contributed by atoms with van der Waals surface area (Å²) >= 11 is 1.71. The number of nitrogens with zero attached hydrogens (tertiary/aromatic N) is 2. The number of rotatable bonds is 3. The number of nitrogens with two attached hydrogens (primary N) is 1. The molecule has 0 saturated heterocycles. The van der Waals surface area contributed by atoms with Crippen molar-refractivity contribution in [2.45, 2.75) is 6.04 Å². The molecule has 21 heavy (non-hydrogen) atoms. The Morgan fingerprint density at radius 3 is 2.95 bits per heavy atom. The van der Waals surface area contributed by atoms with Crippen molar-refractivity contribution in [1.82, 2.24) is 0 Å². The summed E-state index contributed by atoms with van der Waals surface area (Å²) in [5.74, 6) is 0.851. The van der Waals surface area contributed by atoms with Gasteiger partial charge in [0.25, 0.3) is 0 Å². The van der Waals surface area contributed by atoms with Crippen LogP contribution in [0.15, 0.2) is 40.7 Å². The summed E-state index contributed by atoms with van der Waals surface area (Å²) in [6.45, 7) is 1.28. The van der Waals surface area contributed by atoms with Crippen molar-refractivity contribution in [2.75, 3.05) is 32.1 Å². The first-order chi connectivity index (χ1) is 10.2. The van der Waals surface area contributed by atoms with Crippen LogP contribution in [0.1, 0.15) is 10.4 Å². The largest absolute Gasteiger partial charge is 0.497 e. The minimum Gasteiger partial charge on any atom is -0.497 e. The van der Waals surface area contributed by atoms with Gasteiger partial charge in [0, 0.05) is 30.9 Å². The lowest BCUT2D eigenvalue weighted by atomic mass is 10.0. The van der Waals surface area contributed by atoms with E-state index in [2.05, 4.69) is 41.6 Å². The van der Waals surface area contributed by atoms with E-state index in [-0.39, 0.29) is 6.04 Å². The van der Waals surface area contributed by atoms with Crippen molar-refractivity contribution >= 4 is 22.7 Å². The molecule has 2 aromatic rings. The van der Waals surface area contributed by atoms with Crippen LogP contribution >= 0.6 is 11.3 Å². The molecule has 4 nitrogen and oxygen atoms in total. The van der Waals surface area contributed by atoms with Gasteiger partial charge in [-0.25, -0.2) is 0 Å². The smallest absolute Gasteiger partial charge is 0.120 e. The minimum absolute atomic E-state index is 0.202. The summed E-state index contributed by atoms with van der Waals surface area (Å²) in [5.41, 5.74) is 9.22. The molecule has 0 amide bonds. The van der Waals surface area contributed by atoms with Crippen molar-refractivity contribution in [2.24, 2.45) is 10.7 Å². The van der Waals surface area contributed by atoms with Crippen LogP contribution in [-0.4, -0.2) is 39.0 Å². The zero-order valence-corrected chi connectivity index (χ0v) is 13.1. The van der Waals surface area contributed by atoms with E-state index in [1.165, 1.54) is 4.88 Å². The van der Waals surface area contributed by atoms with Crippen LogP contribution in [0.5, 0.6) is 5.75 Å². The molecule has 0 bridgehead atoms. The molecule has 0 aliphatic carbocycles. The molecule has 2 heterocycles. The van der Waals surface area contributed by atoms with Crippen LogP contribution in [0.3, 0.4) is 0 Å². The van der Waals surface area contributed by atoms with Crippen molar-refractivity contribution in [3.05, 3.63) is 46.2 Å². The number of anilines is 1. The molecule has 1 aliphatic heterocycles. The number of likely N-dealkylation sites (N-methyl/N-ethyl adjacent to an activating group) is 1. The molecule has 2 N–H and O–H groups in total. The fourth-order valence-electron chi connectivity index (χ4n) is 2.59. The standard InChI is InChI=1S/C16H19N3OS/c1-19-11(9-17)10-18-16(15-4-3-7-21-15)13-6-5-12(20-2)8-14(13)19/h3-8,11H,9-10,17H2,1-2H3. The highest BCUT2D eigenvalue weighted by molar-refractivity contribution is 7.12. The monoisotopic (exact) mass is 301 g/mol. The first-order valence-corrected chi connectivity index (χ1v) is 7.82. The quantitative estimate of drug-likeness (QED) is 0.947. The van der Waals surface area contributed by atoms with Gasteiger partial charge in [0.1, 0.15) is 5.75 Å². The number of hydrogen-bond donors (Lipinski definition) is 1. The van der Waals surface area contributed by atoms with Gasteiger partial charge in [0.2, 0.25) is 0 Å². The average Bonchev–Trinajstić information content (AvgIpc) is 3.00. The van der Waals surface area contributed by atoms with Crippen molar-refractivity contribution in [3.63, 3.8) is 0 Å². The highest BCUT2D eigenvalue weighted by atomic mass is 32.1. The fraction of sp³-hybridized carbons (Fsp3) is 0.312. The normalized spacial score (nSPS) is 18.0. The van der Waals surface area contributed by atoms with Crippen molar-refractivity contribution < 1.29 is 4.74 Å². The third-order valence-electron chi connectivity index (χ3n) is 3.87. The Bertz CT molecular complexity index is 652. The predicted octanol–water partition coefficient (Wildman–Crippen LogP) is 2.37. The molecule has 1 aromatic carbocycles. The highest BCUT2D eigenvalue weighted by Gasteiger charge is 2.24. The Morgan fingerprint density at radius 2 is 2.29 bits per heavy atom. The summed E-state index contributed by atoms with van der Waals surface area (Å²) in [4.78, 5) is 8.23. The third kappa shape index (κ3) is 2.54. The third-order valence-corrected chi connectivity index (χ3v) is 4.75.